The minimum Gasteiger partial charge on any atom is -0.357 e. The van der Waals surface area contributed by atoms with Crippen molar-refractivity contribution in [3.05, 3.63) is 30.4 Å². The van der Waals surface area contributed by atoms with Crippen molar-refractivity contribution in [1.29, 1.82) is 0 Å². The van der Waals surface area contributed by atoms with Crippen molar-refractivity contribution in [2.24, 2.45) is 10.9 Å². The third-order valence-electron chi connectivity index (χ3n) is 4.84. The quantitative estimate of drug-likeness (QED) is 0.483. The van der Waals surface area contributed by atoms with E-state index in [9.17, 15) is 0 Å². The number of rotatable bonds is 6. The van der Waals surface area contributed by atoms with Gasteiger partial charge in [-0.1, -0.05) is 12.1 Å². The molecule has 0 saturated carbocycles. The fourth-order valence-corrected chi connectivity index (χ4v) is 3.38. The smallest absolute Gasteiger partial charge is 0.226 e. The summed E-state index contributed by atoms with van der Waals surface area (Å²) in [4.78, 5) is 15.6. The Morgan fingerprint density at radius 3 is 3.04 bits per heavy atom. The van der Waals surface area contributed by atoms with Crippen molar-refractivity contribution in [3.63, 3.8) is 0 Å². The van der Waals surface area contributed by atoms with Gasteiger partial charge in [0.05, 0.1) is 12.4 Å². The first kappa shape index (κ1) is 18.4. The van der Waals surface area contributed by atoms with Crippen LogP contribution in [0.2, 0.25) is 0 Å². The number of aryl methyl sites for hydroxylation is 2. The molecule has 0 bridgehead atoms. The second kappa shape index (κ2) is 8.82. The van der Waals surface area contributed by atoms with Crippen LogP contribution < -0.4 is 5.32 Å². The van der Waals surface area contributed by atoms with E-state index in [0.29, 0.717) is 23.7 Å². The maximum Gasteiger partial charge on any atom is 0.226 e. The number of nitrogens with one attached hydrogen (secondary N) is 1. The summed E-state index contributed by atoms with van der Waals surface area (Å²) in [5, 5.41) is 7.26. The molecule has 1 fully saturated rings. The molecule has 8 nitrogen and oxygen atoms in total. The molecular formula is C18H29N7O. The number of hydrogen-bond acceptors (Lipinski definition) is 5. The number of hydrogen-bond donors (Lipinski definition) is 1. The maximum atomic E-state index is 5.16. The van der Waals surface area contributed by atoms with E-state index in [0.717, 1.165) is 51.4 Å². The van der Waals surface area contributed by atoms with E-state index in [1.807, 2.05) is 19.4 Å². The highest BCUT2D eigenvalue weighted by Gasteiger charge is 2.28. The van der Waals surface area contributed by atoms with Gasteiger partial charge in [-0.25, -0.2) is 4.98 Å². The maximum absolute atomic E-state index is 5.16. The van der Waals surface area contributed by atoms with Crippen molar-refractivity contribution in [1.82, 2.24) is 29.9 Å². The molecule has 0 amide bonds. The molecule has 3 rings (SSSR count). The van der Waals surface area contributed by atoms with E-state index in [4.69, 9.17) is 9.52 Å². The molecule has 2 aromatic rings. The van der Waals surface area contributed by atoms with Gasteiger partial charge in [0.15, 0.2) is 11.8 Å². The molecular weight excluding hydrogens is 330 g/mol. The van der Waals surface area contributed by atoms with E-state index in [1.165, 1.54) is 0 Å². The molecule has 2 atom stereocenters. The first-order chi connectivity index (χ1) is 12.7. The minimum atomic E-state index is 0.427. The van der Waals surface area contributed by atoms with Crippen LogP contribution in [0.25, 0.3) is 0 Å². The molecule has 0 aromatic carbocycles. The SMILES string of the molecule is CCNC(=NCCCc1nc(C)no1)N1CCC(C)C(n2ccnc2)C1. The van der Waals surface area contributed by atoms with Gasteiger partial charge < -0.3 is 19.3 Å². The van der Waals surface area contributed by atoms with Crippen molar-refractivity contribution < 1.29 is 4.52 Å². The summed E-state index contributed by atoms with van der Waals surface area (Å²) in [7, 11) is 0. The Morgan fingerprint density at radius 2 is 2.35 bits per heavy atom. The molecule has 0 radical (unpaired) electrons. The molecule has 0 spiro atoms. The van der Waals surface area contributed by atoms with E-state index in [1.54, 1.807) is 0 Å². The van der Waals surface area contributed by atoms with Gasteiger partial charge in [-0.2, -0.15) is 4.98 Å². The molecule has 2 unspecified atom stereocenters. The molecule has 2 aromatic heterocycles. The van der Waals surface area contributed by atoms with Gasteiger partial charge >= 0.3 is 0 Å². The molecule has 8 heteroatoms. The van der Waals surface area contributed by atoms with Crippen LogP contribution in [-0.4, -0.2) is 56.7 Å². The second-order valence-electron chi connectivity index (χ2n) is 6.86. The Kier molecular flexibility index (Phi) is 6.25. The third-order valence-corrected chi connectivity index (χ3v) is 4.84. The second-order valence-corrected chi connectivity index (χ2v) is 6.86. The lowest BCUT2D eigenvalue weighted by atomic mass is 9.93. The zero-order chi connectivity index (χ0) is 18.4. The zero-order valence-electron chi connectivity index (χ0n) is 15.9. The monoisotopic (exact) mass is 359 g/mol. The predicted molar refractivity (Wildman–Crippen MR) is 100.0 cm³/mol. The summed E-state index contributed by atoms with van der Waals surface area (Å²) in [6, 6.07) is 0.427. The Bertz CT molecular complexity index is 694. The molecule has 26 heavy (non-hydrogen) atoms. The Morgan fingerprint density at radius 1 is 1.46 bits per heavy atom. The summed E-state index contributed by atoms with van der Waals surface area (Å²) in [5.41, 5.74) is 0. The first-order valence-corrected chi connectivity index (χ1v) is 9.47. The summed E-state index contributed by atoms with van der Waals surface area (Å²) < 4.78 is 7.38. The van der Waals surface area contributed by atoms with E-state index in [-0.39, 0.29) is 0 Å². The summed E-state index contributed by atoms with van der Waals surface area (Å²) in [6.45, 7) is 9.85. The molecule has 1 saturated heterocycles. The number of aromatic nitrogens is 4. The van der Waals surface area contributed by atoms with Crippen molar-refractivity contribution in [3.8, 4) is 0 Å². The first-order valence-electron chi connectivity index (χ1n) is 9.47. The van der Waals surface area contributed by atoms with Gasteiger partial charge in [-0.15, -0.1) is 0 Å². The summed E-state index contributed by atoms with van der Waals surface area (Å²) in [5.74, 6) is 3.00. The lowest BCUT2D eigenvalue weighted by Crippen LogP contribution is -2.49. The normalized spacial score (nSPS) is 21.2. The number of guanidine groups is 1. The highest BCUT2D eigenvalue weighted by Crippen LogP contribution is 2.27. The van der Waals surface area contributed by atoms with Crippen molar-refractivity contribution >= 4 is 5.96 Å². The van der Waals surface area contributed by atoms with Crippen LogP contribution in [0.4, 0.5) is 0 Å². The number of nitrogens with zero attached hydrogens (tertiary/aromatic N) is 6. The number of piperidine rings is 1. The van der Waals surface area contributed by atoms with Crippen LogP contribution in [0, 0.1) is 12.8 Å². The molecule has 142 valence electrons. The van der Waals surface area contributed by atoms with Gasteiger partial charge in [0.1, 0.15) is 0 Å². The van der Waals surface area contributed by atoms with Crippen LogP contribution in [0.5, 0.6) is 0 Å². The molecule has 3 heterocycles. The standard InChI is InChI=1S/C18H29N7O/c1-4-20-18(21-8-5-6-17-22-15(3)23-26-17)24-10-7-14(2)16(12-24)25-11-9-19-13-25/h9,11,13-14,16H,4-8,10,12H2,1-3H3,(H,20,21). The zero-order valence-corrected chi connectivity index (χ0v) is 15.9. The predicted octanol–water partition coefficient (Wildman–Crippen LogP) is 2.06. The van der Waals surface area contributed by atoms with Gasteiger partial charge in [0.2, 0.25) is 5.89 Å². The molecule has 1 aliphatic heterocycles. The van der Waals surface area contributed by atoms with Crippen LogP contribution in [0.3, 0.4) is 0 Å². The number of aliphatic imine (C=N–C) groups is 1. The molecule has 1 aliphatic rings. The van der Waals surface area contributed by atoms with Gasteiger partial charge in [0, 0.05) is 45.0 Å². The van der Waals surface area contributed by atoms with Gasteiger partial charge in [0.25, 0.3) is 0 Å². The van der Waals surface area contributed by atoms with E-state index >= 15 is 0 Å². The van der Waals surface area contributed by atoms with Gasteiger partial charge in [-0.05, 0) is 32.6 Å². The molecule has 1 N–H and O–H groups in total. The van der Waals surface area contributed by atoms with Crippen LogP contribution in [0.15, 0.2) is 28.2 Å². The number of likely N-dealkylation sites (tertiary alicyclic amines) is 1. The largest absolute Gasteiger partial charge is 0.357 e. The van der Waals surface area contributed by atoms with Crippen LogP contribution >= 0.6 is 0 Å². The minimum absolute atomic E-state index is 0.427. The van der Waals surface area contributed by atoms with Crippen LogP contribution in [0.1, 0.15) is 44.4 Å². The fraction of sp³-hybridized carbons (Fsp3) is 0.667. The molecule has 0 aliphatic carbocycles. The highest BCUT2D eigenvalue weighted by molar-refractivity contribution is 5.80. The lowest BCUT2D eigenvalue weighted by Gasteiger charge is -2.39. The Balaban J connectivity index is 1.59. The van der Waals surface area contributed by atoms with E-state index < -0.39 is 0 Å². The summed E-state index contributed by atoms with van der Waals surface area (Å²) >= 11 is 0. The fourth-order valence-electron chi connectivity index (χ4n) is 3.38. The van der Waals surface area contributed by atoms with E-state index in [2.05, 4.69) is 50.0 Å². The lowest BCUT2D eigenvalue weighted by molar-refractivity contribution is 0.189. The summed E-state index contributed by atoms with van der Waals surface area (Å²) in [6.07, 6.45) is 8.63. The Hall–Kier alpha value is -2.38. The van der Waals surface area contributed by atoms with Crippen molar-refractivity contribution in [2.75, 3.05) is 26.2 Å². The topological polar surface area (TPSA) is 84.4 Å². The third kappa shape index (κ3) is 4.62. The Labute approximate surface area is 154 Å². The van der Waals surface area contributed by atoms with Crippen LogP contribution in [-0.2, 0) is 6.42 Å². The van der Waals surface area contributed by atoms with Gasteiger partial charge in [-0.3, -0.25) is 4.99 Å². The van der Waals surface area contributed by atoms with Crippen molar-refractivity contribution in [2.45, 2.75) is 46.1 Å². The average Bonchev–Trinajstić information content (AvgIpc) is 3.30. The number of imidazole rings is 1. The highest BCUT2D eigenvalue weighted by atomic mass is 16.5. The average molecular weight is 359 g/mol.